The van der Waals surface area contributed by atoms with Gasteiger partial charge in [0.25, 0.3) is 5.56 Å². The van der Waals surface area contributed by atoms with Gasteiger partial charge in [0.15, 0.2) is 0 Å². The van der Waals surface area contributed by atoms with Gasteiger partial charge in [0, 0.05) is 30.1 Å². The molecular formula is C19H17ClN2O3. The van der Waals surface area contributed by atoms with Crippen molar-refractivity contribution in [3.8, 4) is 11.3 Å². The number of fused-ring (bicyclic) bond motifs is 1. The highest BCUT2D eigenvalue weighted by molar-refractivity contribution is 6.33. The van der Waals surface area contributed by atoms with Gasteiger partial charge in [-0.05, 0) is 31.9 Å². The lowest BCUT2D eigenvalue weighted by atomic mass is 10.0. The molecule has 0 atom stereocenters. The Bertz CT molecular complexity index is 987. The molecule has 6 heteroatoms. The lowest BCUT2D eigenvalue weighted by Crippen LogP contribution is -2.24. The first-order valence-electron chi connectivity index (χ1n) is 7.86. The summed E-state index contributed by atoms with van der Waals surface area (Å²) in [6.45, 7) is 4.35. The van der Waals surface area contributed by atoms with E-state index in [2.05, 4.69) is 4.98 Å². The molecule has 2 heterocycles. The Morgan fingerprint density at radius 3 is 2.88 bits per heavy atom. The molecule has 0 spiro atoms. The maximum atomic E-state index is 12.7. The third-order valence-corrected chi connectivity index (χ3v) is 4.48. The molecule has 0 amide bonds. The van der Waals surface area contributed by atoms with E-state index in [1.165, 1.54) is 12.3 Å². The third kappa shape index (κ3) is 3.15. The molecule has 5 nitrogen and oxygen atoms in total. The Morgan fingerprint density at radius 2 is 2.24 bits per heavy atom. The minimum atomic E-state index is -1.12. The summed E-state index contributed by atoms with van der Waals surface area (Å²) in [7, 11) is 0. The van der Waals surface area contributed by atoms with E-state index in [4.69, 9.17) is 16.7 Å². The largest absolute Gasteiger partial charge is 0.478 e. The SMILES string of the molecule is C/C=C/Cn1cc(-c2cc(Cl)c(C(=O)O)cn2)c2c(c1=O)CC(C)=C2. The zero-order valence-electron chi connectivity index (χ0n) is 13.9. The van der Waals surface area contributed by atoms with Gasteiger partial charge in [-0.15, -0.1) is 0 Å². The molecule has 2 aromatic heterocycles. The van der Waals surface area contributed by atoms with Crippen LogP contribution in [0, 0.1) is 0 Å². The van der Waals surface area contributed by atoms with Crippen LogP contribution in [0.1, 0.15) is 35.3 Å². The number of rotatable bonds is 4. The first-order chi connectivity index (χ1) is 11.9. The summed E-state index contributed by atoms with van der Waals surface area (Å²) in [5.41, 5.74) is 3.94. The number of hydrogen-bond donors (Lipinski definition) is 1. The molecule has 0 aromatic carbocycles. The Morgan fingerprint density at radius 1 is 1.48 bits per heavy atom. The molecule has 1 aliphatic carbocycles. The van der Waals surface area contributed by atoms with Crippen LogP contribution in [-0.2, 0) is 13.0 Å². The number of nitrogens with zero attached hydrogens (tertiary/aromatic N) is 2. The molecule has 0 unspecified atom stereocenters. The zero-order valence-corrected chi connectivity index (χ0v) is 14.7. The van der Waals surface area contributed by atoms with Crippen molar-refractivity contribution < 1.29 is 9.90 Å². The van der Waals surface area contributed by atoms with Gasteiger partial charge in [0.05, 0.1) is 16.3 Å². The van der Waals surface area contributed by atoms with Gasteiger partial charge in [-0.2, -0.15) is 0 Å². The van der Waals surface area contributed by atoms with E-state index in [0.29, 0.717) is 18.7 Å². The van der Waals surface area contributed by atoms with Crippen LogP contribution < -0.4 is 5.56 Å². The summed E-state index contributed by atoms with van der Waals surface area (Å²) in [6, 6.07) is 1.53. The van der Waals surface area contributed by atoms with Gasteiger partial charge >= 0.3 is 5.97 Å². The van der Waals surface area contributed by atoms with Crippen LogP contribution in [0.25, 0.3) is 17.3 Å². The molecule has 0 radical (unpaired) electrons. The summed E-state index contributed by atoms with van der Waals surface area (Å²) < 4.78 is 1.64. The molecule has 25 heavy (non-hydrogen) atoms. The van der Waals surface area contributed by atoms with Gasteiger partial charge in [0.2, 0.25) is 0 Å². The second kappa shape index (κ2) is 6.69. The van der Waals surface area contributed by atoms with Crippen LogP contribution in [0.2, 0.25) is 5.02 Å². The monoisotopic (exact) mass is 356 g/mol. The first kappa shape index (κ1) is 17.2. The van der Waals surface area contributed by atoms with Crippen molar-refractivity contribution in [1.82, 2.24) is 9.55 Å². The van der Waals surface area contributed by atoms with Crippen LogP contribution in [0.3, 0.4) is 0 Å². The fraction of sp³-hybridized carbons (Fsp3) is 0.211. The smallest absolute Gasteiger partial charge is 0.338 e. The minimum Gasteiger partial charge on any atom is -0.478 e. The predicted molar refractivity (Wildman–Crippen MR) is 98.1 cm³/mol. The molecule has 1 aliphatic rings. The number of aromatic nitrogens is 2. The van der Waals surface area contributed by atoms with Crippen molar-refractivity contribution in [1.29, 1.82) is 0 Å². The molecule has 0 saturated carbocycles. The average Bonchev–Trinajstić information content (AvgIpc) is 2.96. The van der Waals surface area contributed by atoms with Crippen molar-refractivity contribution in [2.45, 2.75) is 26.8 Å². The number of carboxylic acids is 1. The van der Waals surface area contributed by atoms with Crippen LogP contribution in [0.4, 0.5) is 0 Å². The second-order valence-electron chi connectivity index (χ2n) is 5.98. The van der Waals surface area contributed by atoms with E-state index in [1.807, 2.05) is 32.1 Å². The van der Waals surface area contributed by atoms with Crippen LogP contribution >= 0.6 is 11.6 Å². The van der Waals surface area contributed by atoms with Gasteiger partial charge in [-0.1, -0.05) is 35.4 Å². The number of carbonyl (C=O) groups is 1. The molecular weight excluding hydrogens is 340 g/mol. The molecule has 1 N–H and O–H groups in total. The molecule has 2 aromatic rings. The lowest BCUT2D eigenvalue weighted by molar-refractivity contribution is 0.0696. The summed E-state index contributed by atoms with van der Waals surface area (Å²) in [4.78, 5) is 28.1. The van der Waals surface area contributed by atoms with E-state index in [9.17, 15) is 9.59 Å². The molecule has 3 rings (SSSR count). The van der Waals surface area contributed by atoms with Gasteiger partial charge in [0.1, 0.15) is 0 Å². The standard InChI is InChI=1S/C19H17ClN2O3/c1-3-4-5-22-10-15(12-6-11(2)7-13(12)18(22)23)17-8-16(20)14(9-21-17)19(24)25/h3-4,6,8-10H,5,7H2,1-2H3,(H,24,25)/b4-3+. The Balaban J connectivity index is 2.22. The normalized spacial score (nSPS) is 13.2. The fourth-order valence-electron chi connectivity index (χ4n) is 2.94. The highest BCUT2D eigenvalue weighted by Gasteiger charge is 2.21. The molecule has 0 saturated heterocycles. The van der Waals surface area contributed by atoms with Crippen LogP contribution in [-0.4, -0.2) is 20.6 Å². The number of carboxylic acid groups (broad SMARTS) is 1. The van der Waals surface area contributed by atoms with E-state index in [1.54, 1.807) is 10.8 Å². The highest BCUT2D eigenvalue weighted by atomic mass is 35.5. The number of pyridine rings is 2. The number of halogens is 1. The Labute approximate surface area is 149 Å². The van der Waals surface area contributed by atoms with Crippen molar-refractivity contribution in [3.05, 3.63) is 68.3 Å². The third-order valence-electron chi connectivity index (χ3n) is 4.16. The summed E-state index contributed by atoms with van der Waals surface area (Å²) in [6.07, 6.45) is 9.39. The Kier molecular flexibility index (Phi) is 4.59. The number of aromatic carboxylic acids is 1. The van der Waals surface area contributed by atoms with Crippen molar-refractivity contribution in [3.63, 3.8) is 0 Å². The average molecular weight is 357 g/mol. The van der Waals surface area contributed by atoms with Crippen molar-refractivity contribution >= 4 is 23.6 Å². The molecule has 0 fully saturated rings. The van der Waals surface area contributed by atoms with Crippen LogP contribution in [0.15, 0.2) is 41.0 Å². The topological polar surface area (TPSA) is 72.2 Å². The molecule has 0 aliphatic heterocycles. The van der Waals surface area contributed by atoms with Crippen LogP contribution in [0.5, 0.6) is 0 Å². The van der Waals surface area contributed by atoms with Crippen molar-refractivity contribution in [2.75, 3.05) is 0 Å². The quantitative estimate of drug-likeness (QED) is 0.846. The second-order valence-corrected chi connectivity index (χ2v) is 6.39. The highest BCUT2D eigenvalue weighted by Crippen LogP contribution is 2.32. The maximum Gasteiger partial charge on any atom is 0.338 e. The Hall–Kier alpha value is -2.66. The van der Waals surface area contributed by atoms with E-state index in [0.717, 1.165) is 22.3 Å². The van der Waals surface area contributed by atoms with Gasteiger partial charge in [-0.3, -0.25) is 9.78 Å². The van der Waals surface area contributed by atoms with Gasteiger partial charge in [-0.25, -0.2) is 4.79 Å². The minimum absolute atomic E-state index is 0.0156. The number of allylic oxidation sites excluding steroid dienone is 3. The maximum absolute atomic E-state index is 12.7. The summed E-state index contributed by atoms with van der Waals surface area (Å²) in [5, 5.41) is 9.23. The predicted octanol–water partition coefficient (Wildman–Crippen LogP) is 3.80. The van der Waals surface area contributed by atoms with E-state index >= 15 is 0 Å². The first-order valence-corrected chi connectivity index (χ1v) is 8.24. The molecule has 0 bridgehead atoms. The fourth-order valence-corrected chi connectivity index (χ4v) is 3.17. The summed E-state index contributed by atoms with van der Waals surface area (Å²) in [5.74, 6) is -1.12. The molecule has 128 valence electrons. The number of hydrogen-bond acceptors (Lipinski definition) is 3. The van der Waals surface area contributed by atoms with Gasteiger partial charge < -0.3 is 9.67 Å². The lowest BCUT2D eigenvalue weighted by Gasteiger charge is -2.12. The van der Waals surface area contributed by atoms with E-state index < -0.39 is 5.97 Å². The zero-order chi connectivity index (χ0) is 18.1. The van der Waals surface area contributed by atoms with E-state index in [-0.39, 0.29) is 16.1 Å². The van der Waals surface area contributed by atoms with Crippen molar-refractivity contribution in [2.24, 2.45) is 0 Å². The summed E-state index contributed by atoms with van der Waals surface area (Å²) >= 11 is 6.09.